The van der Waals surface area contributed by atoms with Crippen molar-refractivity contribution >= 4 is 17.3 Å². The number of anilines is 1. The molecule has 0 aliphatic carbocycles. The summed E-state index contributed by atoms with van der Waals surface area (Å²) in [6, 6.07) is 6.25. The Balaban J connectivity index is 2.20. The molecule has 0 bridgehead atoms. The Hall–Kier alpha value is -0.730. The maximum Gasteiger partial charge on any atom is 0.0642 e. The van der Waals surface area contributed by atoms with Gasteiger partial charge in [-0.2, -0.15) is 0 Å². The Morgan fingerprint density at radius 3 is 2.70 bits per heavy atom. The van der Waals surface area contributed by atoms with Crippen LogP contribution in [-0.4, -0.2) is 19.6 Å². The van der Waals surface area contributed by atoms with Gasteiger partial charge in [-0.25, -0.2) is 0 Å². The van der Waals surface area contributed by atoms with Gasteiger partial charge in [0.1, 0.15) is 0 Å². The highest BCUT2D eigenvalue weighted by Gasteiger charge is 2.33. The molecule has 1 aliphatic heterocycles. The second-order valence-corrected chi connectivity index (χ2v) is 7.23. The van der Waals surface area contributed by atoms with Gasteiger partial charge in [0, 0.05) is 19.6 Å². The Bertz CT molecular complexity index is 451. The van der Waals surface area contributed by atoms with Gasteiger partial charge in [0.2, 0.25) is 0 Å². The maximum absolute atomic E-state index is 6.48. The number of rotatable bonds is 4. The summed E-state index contributed by atoms with van der Waals surface area (Å²) in [6.07, 6.45) is 1.26. The summed E-state index contributed by atoms with van der Waals surface area (Å²) in [5, 5.41) is 4.30. The van der Waals surface area contributed by atoms with Crippen LogP contribution in [0.4, 0.5) is 5.69 Å². The number of nitrogens with zero attached hydrogens (tertiary/aromatic N) is 1. The molecule has 1 unspecified atom stereocenters. The first kappa shape index (κ1) is 15.7. The van der Waals surface area contributed by atoms with E-state index in [1.807, 2.05) is 6.07 Å². The van der Waals surface area contributed by atoms with Crippen LogP contribution in [0.25, 0.3) is 0 Å². The van der Waals surface area contributed by atoms with Crippen molar-refractivity contribution < 1.29 is 0 Å². The molecule has 20 heavy (non-hydrogen) atoms. The molecular weight excluding hydrogens is 268 g/mol. The lowest BCUT2D eigenvalue weighted by Gasteiger charge is -2.28. The minimum atomic E-state index is 0.373. The minimum absolute atomic E-state index is 0.373. The smallest absolute Gasteiger partial charge is 0.0642 e. The molecule has 0 amide bonds. The largest absolute Gasteiger partial charge is 0.370 e. The molecule has 1 aliphatic rings. The van der Waals surface area contributed by atoms with Gasteiger partial charge in [0.15, 0.2) is 0 Å². The second kappa shape index (κ2) is 6.36. The minimum Gasteiger partial charge on any atom is -0.370 e. The fourth-order valence-corrected chi connectivity index (χ4v) is 3.30. The van der Waals surface area contributed by atoms with Crippen molar-refractivity contribution in [1.82, 2.24) is 5.32 Å². The Kier molecular flexibility index (Phi) is 4.98. The topological polar surface area (TPSA) is 15.3 Å². The molecular formula is C17H27ClN2. The van der Waals surface area contributed by atoms with Gasteiger partial charge in [-0.3, -0.25) is 0 Å². The van der Waals surface area contributed by atoms with Gasteiger partial charge in [-0.1, -0.05) is 51.4 Å². The second-order valence-electron chi connectivity index (χ2n) is 6.83. The average Bonchev–Trinajstić information content (AvgIpc) is 2.85. The summed E-state index contributed by atoms with van der Waals surface area (Å²) < 4.78 is 0. The molecule has 0 spiro atoms. The van der Waals surface area contributed by atoms with Gasteiger partial charge in [0.05, 0.1) is 10.7 Å². The van der Waals surface area contributed by atoms with E-state index in [1.54, 1.807) is 0 Å². The van der Waals surface area contributed by atoms with Crippen LogP contribution in [-0.2, 0) is 6.54 Å². The summed E-state index contributed by atoms with van der Waals surface area (Å²) in [5.41, 5.74) is 2.92. The van der Waals surface area contributed by atoms with Gasteiger partial charge in [-0.15, -0.1) is 0 Å². The van der Waals surface area contributed by atoms with Crippen molar-refractivity contribution in [1.29, 1.82) is 0 Å². The number of hydrogen-bond donors (Lipinski definition) is 1. The molecule has 0 radical (unpaired) electrons. The standard InChI is InChI=1S/C17H27ClN2/c1-5-19-11-13-7-6-8-15(18)16(13)20-10-9-14(12-20)17(2,3)4/h6-8,14,19H,5,9-12H2,1-4H3. The zero-order valence-electron chi connectivity index (χ0n) is 13.2. The number of nitrogens with one attached hydrogen (secondary N) is 1. The van der Waals surface area contributed by atoms with E-state index in [2.05, 4.69) is 50.0 Å². The number of benzene rings is 1. The van der Waals surface area contributed by atoms with E-state index in [0.717, 1.165) is 37.1 Å². The van der Waals surface area contributed by atoms with Crippen molar-refractivity contribution in [2.75, 3.05) is 24.5 Å². The lowest BCUT2D eigenvalue weighted by atomic mass is 9.80. The van der Waals surface area contributed by atoms with Crippen LogP contribution in [0.1, 0.15) is 39.7 Å². The van der Waals surface area contributed by atoms with Crippen LogP contribution in [0.5, 0.6) is 0 Å². The van der Waals surface area contributed by atoms with E-state index in [1.165, 1.54) is 17.7 Å². The highest BCUT2D eigenvalue weighted by molar-refractivity contribution is 6.33. The first-order valence-corrected chi connectivity index (χ1v) is 8.04. The predicted octanol–water partition coefficient (Wildman–Crippen LogP) is 4.32. The molecule has 3 heteroatoms. The maximum atomic E-state index is 6.48. The summed E-state index contributed by atoms with van der Waals surface area (Å²) in [5.74, 6) is 0.741. The molecule has 2 nitrogen and oxygen atoms in total. The molecule has 2 rings (SSSR count). The van der Waals surface area contributed by atoms with E-state index < -0.39 is 0 Å². The van der Waals surface area contributed by atoms with Crippen LogP contribution < -0.4 is 10.2 Å². The monoisotopic (exact) mass is 294 g/mol. The molecule has 1 fully saturated rings. The lowest BCUT2D eigenvalue weighted by molar-refractivity contribution is 0.263. The first-order valence-electron chi connectivity index (χ1n) is 7.66. The molecule has 0 saturated carbocycles. The Morgan fingerprint density at radius 1 is 1.35 bits per heavy atom. The van der Waals surface area contributed by atoms with E-state index in [4.69, 9.17) is 11.6 Å². The highest BCUT2D eigenvalue weighted by atomic mass is 35.5. The van der Waals surface area contributed by atoms with Crippen molar-refractivity contribution in [3.05, 3.63) is 28.8 Å². The fourth-order valence-electron chi connectivity index (χ4n) is 2.99. The molecule has 1 saturated heterocycles. The van der Waals surface area contributed by atoms with Crippen molar-refractivity contribution in [3.8, 4) is 0 Å². The molecule has 0 aromatic heterocycles. The third-order valence-electron chi connectivity index (χ3n) is 4.37. The highest BCUT2D eigenvalue weighted by Crippen LogP contribution is 2.39. The van der Waals surface area contributed by atoms with Gasteiger partial charge >= 0.3 is 0 Å². The van der Waals surface area contributed by atoms with Crippen LogP contribution in [0.15, 0.2) is 18.2 Å². The summed E-state index contributed by atoms with van der Waals surface area (Å²) in [4.78, 5) is 2.48. The third-order valence-corrected chi connectivity index (χ3v) is 4.67. The van der Waals surface area contributed by atoms with Crippen LogP contribution in [0, 0.1) is 11.3 Å². The quantitative estimate of drug-likeness (QED) is 0.889. The van der Waals surface area contributed by atoms with E-state index in [0.29, 0.717) is 5.41 Å². The zero-order chi connectivity index (χ0) is 14.8. The molecule has 1 N–H and O–H groups in total. The van der Waals surface area contributed by atoms with E-state index >= 15 is 0 Å². The summed E-state index contributed by atoms with van der Waals surface area (Å²) in [6.45, 7) is 13.3. The molecule has 1 aromatic rings. The van der Waals surface area contributed by atoms with Gasteiger partial charge < -0.3 is 10.2 Å². The summed E-state index contributed by atoms with van der Waals surface area (Å²) >= 11 is 6.48. The number of halogens is 1. The SMILES string of the molecule is CCNCc1cccc(Cl)c1N1CCC(C(C)(C)C)C1. The Labute approximate surface area is 128 Å². The molecule has 1 aromatic carbocycles. The normalized spacial score (nSPS) is 19.6. The molecule has 1 heterocycles. The van der Waals surface area contributed by atoms with Gasteiger partial charge in [0.25, 0.3) is 0 Å². The lowest BCUT2D eigenvalue weighted by Crippen LogP contribution is -2.27. The van der Waals surface area contributed by atoms with E-state index in [-0.39, 0.29) is 0 Å². The van der Waals surface area contributed by atoms with E-state index in [9.17, 15) is 0 Å². The molecule has 112 valence electrons. The van der Waals surface area contributed by atoms with Crippen molar-refractivity contribution in [2.45, 2.75) is 40.7 Å². The fraction of sp³-hybridized carbons (Fsp3) is 0.647. The summed E-state index contributed by atoms with van der Waals surface area (Å²) in [7, 11) is 0. The van der Waals surface area contributed by atoms with Crippen LogP contribution in [0.2, 0.25) is 5.02 Å². The number of hydrogen-bond acceptors (Lipinski definition) is 2. The van der Waals surface area contributed by atoms with Crippen LogP contribution in [0.3, 0.4) is 0 Å². The molecule has 1 atom stereocenters. The van der Waals surface area contributed by atoms with Gasteiger partial charge in [-0.05, 0) is 35.9 Å². The number of para-hydroxylation sites is 1. The van der Waals surface area contributed by atoms with Crippen molar-refractivity contribution in [2.24, 2.45) is 11.3 Å². The third kappa shape index (κ3) is 3.48. The zero-order valence-corrected chi connectivity index (χ0v) is 13.9. The van der Waals surface area contributed by atoms with Crippen molar-refractivity contribution in [3.63, 3.8) is 0 Å². The van der Waals surface area contributed by atoms with Crippen LogP contribution >= 0.6 is 11.6 Å². The first-order chi connectivity index (χ1) is 9.43. The predicted molar refractivity (Wildman–Crippen MR) is 88.6 cm³/mol. The average molecular weight is 295 g/mol. The Morgan fingerprint density at radius 2 is 2.10 bits per heavy atom.